The van der Waals surface area contributed by atoms with E-state index in [0.29, 0.717) is 0 Å². The summed E-state index contributed by atoms with van der Waals surface area (Å²) in [6.45, 7) is 6.70. The number of para-hydroxylation sites is 1. The Kier molecular flexibility index (Phi) is 4.80. The average Bonchev–Trinajstić information content (AvgIpc) is 2.62. The number of hydrogen-bond donors (Lipinski definition) is 1. The fourth-order valence-electron chi connectivity index (χ4n) is 2.81. The van der Waals surface area contributed by atoms with Crippen LogP contribution in [-0.2, 0) is 5.41 Å². The van der Waals surface area contributed by atoms with Crippen molar-refractivity contribution in [3.05, 3.63) is 84.4 Å². The van der Waals surface area contributed by atoms with E-state index in [1.165, 1.54) is 11.3 Å². The fraction of sp³-hybridized carbons (Fsp3) is 0.217. The molecule has 0 bridgehead atoms. The zero-order valence-electron chi connectivity index (χ0n) is 15.5. The van der Waals surface area contributed by atoms with Crippen LogP contribution in [0.4, 0.5) is 22.7 Å². The molecule has 0 aliphatic heterocycles. The summed E-state index contributed by atoms with van der Waals surface area (Å²) >= 11 is 0. The van der Waals surface area contributed by atoms with Gasteiger partial charge in [-0.15, -0.1) is 0 Å². The van der Waals surface area contributed by atoms with Crippen LogP contribution < -0.4 is 10.2 Å². The lowest BCUT2D eigenvalue weighted by Crippen LogP contribution is -2.10. The van der Waals surface area contributed by atoms with Gasteiger partial charge >= 0.3 is 0 Å². The highest BCUT2D eigenvalue weighted by Gasteiger charge is 2.12. The highest BCUT2D eigenvalue weighted by molar-refractivity contribution is 5.69. The standard InChI is InChI=1S/C23H26N2/c1-23(2,3)18-13-15-19(16-14-18)24-20-9-8-12-22(17-20)25(4)21-10-6-5-7-11-21/h5-17,24H,1-4H3. The lowest BCUT2D eigenvalue weighted by Gasteiger charge is -2.21. The van der Waals surface area contributed by atoms with Crippen LogP contribution in [0.3, 0.4) is 0 Å². The summed E-state index contributed by atoms with van der Waals surface area (Å²) in [5, 5.41) is 3.50. The molecule has 0 unspecified atom stereocenters. The van der Waals surface area contributed by atoms with Gasteiger partial charge in [-0.25, -0.2) is 0 Å². The van der Waals surface area contributed by atoms with Crippen molar-refractivity contribution in [3.8, 4) is 0 Å². The molecule has 3 aromatic carbocycles. The first kappa shape index (κ1) is 17.1. The molecular weight excluding hydrogens is 304 g/mol. The van der Waals surface area contributed by atoms with Crippen molar-refractivity contribution in [2.24, 2.45) is 0 Å². The highest BCUT2D eigenvalue weighted by atomic mass is 15.1. The SMILES string of the molecule is CN(c1ccccc1)c1cccc(Nc2ccc(C(C)(C)C)cc2)c1. The summed E-state index contributed by atoms with van der Waals surface area (Å²) in [7, 11) is 2.09. The van der Waals surface area contributed by atoms with Gasteiger partial charge in [0, 0.05) is 29.8 Å². The first-order chi connectivity index (χ1) is 11.9. The molecule has 3 rings (SSSR count). The fourth-order valence-corrected chi connectivity index (χ4v) is 2.81. The second kappa shape index (κ2) is 7.02. The molecule has 0 saturated carbocycles. The van der Waals surface area contributed by atoms with Gasteiger partial charge < -0.3 is 10.2 Å². The number of benzene rings is 3. The Balaban J connectivity index is 1.78. The Morgan fingerprint density at radius 2 is 1.32 bits per heavy atom. The zero-order chi connectivity index (χ0) is 17.9. The summed E-state index contributed by atoms with van der Waals surface area (Å²) in [5.41, 5.74) is 6.04. The maximum Gasteiger partial charge on any atom is 0.0428 e. The van der Waals surface area contributed by atoms with Crippen molar-refractivity contribution < 1.29 is 0 Å². The second-order valence-corrected chi connectivity index (χ2v) is 7.40. The first-order valence-electron chi connectivity index (χ1n) is 8.70. The van der Waals surface area contributed by atoms with Crippen LogP contribution in [0.5, 0.6) is 0 Å². The molecule has 25 heavy (non-hydrogen) atoms. The van der Waals surface area contributed by atoms with Crippen molar-refractivity contribution in [2.75, 3.05) is 17.3 Å². The summed E-state index contributed by atoms with van der Waals surface area (Å²) in [6.07, 6.45) is 0. The molecular formula is C23H26N2. The Bertz CT molecular complexity index is 815. The van der Waals surface area contributed by atoms with Crippen LogP contribution in [0.2, 0.25) is 0 Å². The van der Waals surface area contributed by atoms with Crippen molar-refractivity contribution in [3.63, 3.8) is 0 Å². The van der Waals surface area contributed by atoms with E-state index < -0.39 is 0 Å². The molecule has 0 spiro atoms. The third kappa shape index (κ3) is 4.21. The van der Waals surface area contributed by atoms with E-state index in [-0.39, 0.29) is 5.41 Å². The monoisotopic (exact) mass is 330 g/mol. The van der Waals surface area contributed by atoms with Crippen LogP contribution in [0.15, 0.2) is 78.9 Å². The van der Waals surface area contributed by atoms with Crippen LogP contribution in [0, 0.1) is 0 Å². The molecule has 0 fully saturated rings. The molecule has 2 heteroatoms. The molecule has 0 aliphatic carbocycles. The maximum atomic E-state index is 3.50. The minimum Gasteiger partial charge on any atom is -0.355 e. The van der Waals surface area contributed by atoms with Crippen LogP contribution in [0.1, 0.15) is 26.3 Å². The third-order valence-electron chi connectivity index (χ3n) is 4.42. The van der Waals surface area contributed by atoms with Gasteiger partial charge in [-0.2, -0.15) is 0 Å². The van der Waals surface area contributed by atoms with Gasteiger partial charge in [0.05, 0.1) is 0 Å². The van der Waals surface area contributed by atoms with Gasteiger partial charge in [-0.05, 0) is 53.4 Å². The van der Waals surface area contributed by atoms with Crippen LogP contribution >= 0.6 is 0 Å². The molecule has 1 N–H and O–H groups in total. The van der Waals surface area contributed by atoms with E-state index in [9.17, 15) is 0 Å². The molecule has 0 heterocycles. The van der Waals surface area contributed by atoms with Gasteiger partial charge in [0.25, 0.3) is 0 Å². The van der Waals surface area contributed by atoms with Crippen molar-refractivity contribution in [1.29, 1.82) is 0 Å². The molecule has 3 aromatic rings. The summed E-state index contributed by atoms with van der Waals surface area (Å²) in [4.78, 5) is 2.19. The molecule has 0 aliphatic rings. The largest absolute Gasteiger partial charge is 0.355 e. The molecule has 0 atom stereocenters. The highest BCUT2D eigenvalue weighted by Crippen LogP contribution is 2.28. The Morgan fingerprint density at radius 3 is 1.96 bits per heavy atom. The van der Waals surface area contributed by atoms with E-state index in [1.807, 2.05) is 6.07 Å². The van der Waals surface area contributed by atoms with E-state index in [4.69, 9.17) is 0 Å². The topological polar surface area (TPSA) is 15.3 Å². The van der Waals surface area contributed by atoms with Crippen molar-refractivity contribution >= 4 is 22.7 Å². The Morgan fingerprint density at radius 1 is 0.680 bits per heavy atom. The lowest BCUT2D eigenvalue weighted by atomic mass is 9.87. The minimum atomic E-state index is 0.177. The second-order valence-electron chi connectivity index (χ2n) is 7.40. The van der Waals surface area contributed by atoms with Gasteiger partial charge in [0.15, 0.2) is 0 Å². The molecule has 2 nitrogen and oxygen atoms in total. The molecule has 0 saturated heterocycles. The van der Waals surface area contributed by atoms with Gasteiger partial charge in [0.2, 0.25) is 0 Å². The summed E-state index contributed by atoms with van der Waals surface area (Å²) in [6, 6.07) is 27.6. The number of nitrogens with one attached hydrogen (secondary N) is 1. The molecule has 0 aromatic heterocycles. The van der Waals surface area contributed by atoms with Crippen LogP contribution in [0.25, 0.3) is 0 Å². The molecule has 0 radical (unpaired) electrons. The normalized spacial score (nSPS) is 11.2. The number of anilines is 4. The van der Waals surface area contributed by atoms with Gasteiger partial charge in [-0.3, -0.25) is 0 Å². The van der Waals surface area contributed by atoms with Crippen LogP contribution in [-0.4, -0.2) is 7.05 Å². The predicted octanol–water partition coefficient (Wildman–Crippen LogP) is 6.50. The number of nitrogens with zero attached hydrogens (tertiary/aromatic N) is 1. The Labute approximate surface area is 151 Å². The van der Waals surface area contributed by atoms with Crippen molar-refractivity contribution in [1.82, 2.24) is 0 Å². The quantitative estimate of drug-likeness (QED) is 0.587. The smallest absolute Gasteiger partial charge is 0.0428 e. The molecule has 128 valence electrons. The van der Waals surface area contributed by atoms with Gasteiger partial charge in [0.1, 0.15) is 0 Å². The van der Waals surface area contributed by atoms with E-state index in [2.05, 4.69) is 111 Å². The Hall–Kier alpha value is -2.74. The number of hydrogen-bond acceptors (Lipinski definition) is 2. The van der Waals surface area contributed by atoms with Gasteiger partial charge in [-0.1, -0.05) is 57.2 Å². The predicted molar refractivity (Wildman–Crippen MR) is 109 cm³/mol. The zero-order valence-corrected chi connectivity index (χ0v) is 15.5. The minimum absolute atomic E-state index is 0.177. The van der Waals surface area contributed by atoms with Crippen molar-refractivity contribution in [2.45, 2.75) is 26.2 Å². The van der Waals surface area contributed by atoms with E-state index in [1.54, 1.807) is 0 Å². The number of rotatable bonds is 4. The third-order valence-corrected chi connectivity index (χ3v) is 4.42. The summed E-state index contributed by atoms with van der Waals surface area (Å²) < 4.78 is 0. The average molecular weight is 330 g/mol. The maximum absolute atomic E-state index is 3.50. The van der Waals surface area contributed by atoms with E-state index in [0.717, 1.165) is 17.1 Å². The summed E-state index contributed by atoms with van der Waals surface area (Å²) in [5.74, 6) is 0. The van der Waals surface area contributed by atoms with E-state index >= 15 is 0 Å². The lowest BCUT2D eigenvalue weighted by molar-refractivity contribution is 0.590. The first-order valence-corrected chi connectivity index (χ1v) is 8.70. The molecule has 0 amide bonds.